The molecule has 2 aromatic rings. The van der Waals surface area contributed by atoms with Crippen LogP contribution in [0.15, 0.2) is 48.5 Å². The molecule has 1 aliphatic rings. The van der Waals surface area contributed by atoms with Crippen LogP contribution in [0.25, 0.3) is 11.1 Å². The molecule has 1 nitrogen and oxygen atoms in total. The molecular weight excluding hydrogens is 389 g/mol. The first-order valence-electron chi connectivity index (χ1n) is 8.45. The van der Waals surface area contributed by atoms with Crippen molar-refractivity contribution in [2.45, 2.75) is 43.6 Å². The zero-order valence-corrected chi connectivity index (χ0v) is 19.0. The molecule has 3 rings (SSSR count). The van der Waals surface area contributed by atoms with Gasteiger partial charge in [-0.15, -0.1) is 0 Å². The molecule has 0 saturated carbocycles. The molecule has 2 aromatic carbocycles. The van der Waals surface area contributed by atoms with Gasteiger partial charge in [0.2, 0.25) is 0 Å². The van der Waals surface area contributed by atoms with Crippen molar-refractivity contribution in [1.29, 1.82) is 0 Å². The Bertz CT molecular complexity index is 620. The van der Waals surface area contributed by atoms with Gasteiger partial charge < -0.3 is 24.8 Å². The largest absolute Gasteiger partial charge is 1.00 e. The molecule has 0 bridgehead atoms. The summed E-state index contributed by atoms with van der Waals surface area (Å²) in [5, 5.41) is 0. The van der Waals surface area contributed by atoms with Gasteiger partial charge in [-0.05, 0) is 0 Å². The molecule has 0 aromatic heterocycles. The van der Waals surface area contributed by atoms with Gasteiger partial charge in [-0.25, -0.2) is 0 Å². The van der Waals surface area contributed by atoms with Gasteiger partial charge in [0, 0.05) is 0 Å². The average Bonchev–Trinajstić information content (AvgIpc) is 2.86. The van der Waals surface area contributed by atoms with Gasteiger partial charge in [-0.3, -0.25) is 0 Å². The van der Waals surface area contributed by atoms with Crippen molar-refractivity contribution in [2.75, 3.05) is 0 Å². The summed E-state index contributed by atoms with van der Waals surface area (Å²) in [7, 11) is 0. The molecule has 0 radical (unpaired) electrons. The maximum absolute atomic E-state index is 4.12. The van der Waals surface area contributed by atoms with Gasteiger partial charge >= 0.3 is 142 Å². The quantitative estimate of drug-likeness (QED) is 0.597. The Labute approximate surface area is 166 Å². The third-order valence-electron chi connectivity index (χ3n) is 4.79. The minimum atomic E-state index is -1.35. The number of fused-ring (bicyclic) bond motifs is 3. The zero-order chi connectivity index (χ0) is 15.7. The van der Waals surface area contributed by atoms with E-state index >= 15 is 0 Å². The van der Waals surface area contributed by atoms with E-state index in [1.807, 2.05) is 0 Å². The molecule has 0 aliphatic heterocycles. The third-order valence-corrected chi connectivity index (χ3v) is 17.2. The van der Waals surface area contributed by atoms with Crippen molar-refractivity contribution in [2.24, 2.45) is 0 Å². The molecule has 1 N–H and O–H groups in total. The van der Waals surface area contributed by atoms with Crippen LogP contribution in [0.1, 0.15) is 35.6 Å². The molecule has 1 unspecified atom stereocenters. The number of nitrogens with one attached hydrogen (secondary N) is 1. The molecule has 24 heavy (non-hydrogen) atoms. The summed E-state index contributed by atoms with van der Waals surface area (Å²) >= 11 is -1.35. The van der Waals surface area contributed by atoms with Crippen molar-refractivity contribution in [3.05, 3.63) is 59.7 Å². The van der Waals surface area contributed by atoms with Crippen molar-refractivity contribution >= 4 is 6.66 Å². The van der Waals surface area contributed by atoms with Crippen LogP contribution in [0.2, 0.25) is 13.1 Å². The average molecular weight is 415 g/mol. The Balaban J connectivity index is 0.00000144. The molecule has 0 saturated heterocycles. The van der Waals surface area contributed by atoms with Crippen LogP contribution in [0.3, 0.4) is 0 Å². The first kappa shape index (κ1) is 22.0. The Morgan fingerprint density at radius 3 is 1.83 bits per heavy atom. The Morgan fingerprint density at radius 2 is 1.42 bits per heavy atom. The van der Waals surface area contributed by atoms with Gasteiger partial charge in [-0.2, -0.15) is 0 Å². The van der Waals surface area contributed by atoms with Crippen molar-refractivity contribution in [3.8, 4) is 11.1 Å². The summed E-state index contributed by atoms with van der Waals surface area (Å²) in [6.07, 6.45) is 1.23. The van der Waals surface area contributed by atoms with Gasteiger partial charge in [0.05, 0.1) is 0 Å². The molecule has 5 heteroatoms. The maximum Gasteiger partial charge on any atom is -1.00 e. The second-order valence-corrected chi connectivity index (χ2v) is 19.7. The fourth-order valence-corrected chi connectivity index (χ4v) is 15.1. The topological polar surface area (TPSA) is 12.0 Å². The second kappa shape index (κ2) is 9.57. The fourth-order valence-electron chi connectivity index (χ4n) is 3.46. The predicted octanol–water partition coefficient (Wildman–Crippen LogP) is -1.33. The minimum Gasteiger partial charge on any atom is -1.00 e. The maximum atomic E-state index is 4.12. The van der Waals surface area contributed by atoms with Gasteiger partial charge in [-0.1, -0.05) is 0 Å². The van der Waals surface area contributed by atoms with Gasteiger partial charge in [0.1, 0.15) is 0 Å². The zero-order valence-electron chi connectivity index (χ0n) is 14.8. The second-order valence-electron chi connectivity index (χ2n) is 6.67. The van der Waals surface area contributed by atoms with Crippen molar-refractivity contribution < 1.29 is 42.2 Å². The van der Waals surface area contributed by atoms with E-state index in [0.717, 1.165) is 0 Å². The summed E-state index contributed by atoms with van der Waals surface area (Å²) in [5.41, 5.74) is 6.15. The fraction of sp³-hybridized carbons (Fsp3) is 0.368. The number of hydrogen-bond acceptors (Lipinski definition) is 1. The molecule has 0 spiro atoms. The minimum absolute atomic E-state index is 0. The van der Waals surface area contributed by atoms with Crippen molar-refractivity contribution in [1.82, 2.24) is 3.80 Å². The molecule has 0 amide bonds. The first-order valence-corrected chi connectivity index (χ1v) is 15.7. The van der Waals surface area contributed by atoms with Gasteiger partial charge in [0.15, 0.2) is 0 Å². The molecule has 0 fully saturated rings. The summed E-state index contributed by atoms with van der Waals surface area (Å²) in [4.78, 5) is 0. The van der Waals surface area contributed by atoms with Crippen molar-refractivity contribution in [3.63, 3.8) is 0 Å². The molecule has 1 atom stereocenters. The Kier molecular flexibility index (Phi) is 8.75. The summed E-state index contributed by atoms with van der Waals surface area (Å²) in [5.74, 6) is 0. The molecule has 0 heterocycles. The predicted molar refractivity (Wildman–Crippen MR) is 95.5 cm³/mol. The van der Waals surface area contributed by atoms with E-state index in [1.165, 1.54) is 17.5 Å². The molecule has 129 valence electrons. The summed E-state index contributed by atoms with van der Waals surface area (Å²) in [6.45, 7) is 9.08. The van der Waals surface area contributed by atoms with Crippen LogP contribution < -0.4 is 28.6 Å². The van der Waals surface area contributed by atoms with E-state index in [9.17, 15) is 0 Å². The SMILES string of the molecule is CCC(C)[NH][Ti+2]([CH]1c2ccccc2-c2ccccc21)[SiH](C)C.[Cl-].[Cl-]. The number of halogens is 2. The van der Waals surface area contributed by atoms with E-state index in [2.05, 4.69) is 79.3 Å². The molecular formula is C19H26Cl2NSiTi. The normalized spacial score (nSPS) is 13.5. The summed E-state index contributed by atoms with van der Waals surface area (Å²) < 4.78 is 4.81. The number of hydrogen-bond donors (Lipinski definition) is 1. The standard InChI is InChI=1S/C13H9.C4H10N.C2H7Si.2ClH.Ti/c1-3-7-12-10(5-1)9-11-6-2-4-8-13(11)12;1-3-4(2)5;1-3-2;;;/h1-9H;4-5H,3H2,1-2H3;3H,1-2H3;2*1H;/q;-1;;;;+3/p-2. The number of benzene rings is 2. The summed E-state index contributed by atoms with van der Waals surface area (Å²) in [6, 6.07) is 18.9. The smallest absolute Gasteiger partial charge is 1.00 e. The van der Waals surface area contributed by atoms with E-state index in [1.54, 1.807) is 11.1 Å². The third kappa shape index (κ3) is 4.17. The Morgan fingerprint density at radius 1 is 0.958 bits per heavy atom. The van der Waals surface area contributed by atoms with E-state index in [-0.39, 0.29) is 24.8 Å². The molecule has 1 aliphatic carbocycles. The van der Waals surface area contributed by atoms with Crippen LogP contribution in [-0.2, 0) is 17.4 Å². The first-order chi connectivity index (χ1) is 10.6. The van der Waals surface area contributed by atoms with Crippen LogP contribution in [0.4, 0.5) is 0 Å². The van der Waals surface area contributed by atoms with Crippen LogP contribution >= 0.6 is 0 Å². The van der Waals surface area contributed by atoms with Crippen LogP contribution in [0.5, 0.6) is 0 Å². The van der Waals surface area contributed by atoms with E-state index in [0.29, 0.717) is 10.3 Å². The van der Waals surface area contributed by atoms with E-state index < -0.39 is 24.0 Å². The van der Waals surface area contributed by atoms with Crippen LogP contribution in [-0.4, -0.2) is 12.7 Å². The van der Waals surface area contributed by atoms with Gasteiger partial charge in [0.25, 0.3) is 0 Å². The van der Waals surface area contributed by atoms with Crippen LogP contribution in [0, 0.1) is 0 Å². The monoisotopic (exact) mass is 414 g/mol. The number of rotatable bonds is 5. The van der Waals surface area contributed by atoms with E-state index in [4.69, 9.17) is 0 Å². The Hall–Kier alpha value is -0.0888.